The first-order valence-corrected chi connectivity index (χ1v) is 5.50. The Morgan fingerprint density at radius 3 is 2.56 bits per heavy atom. The Hall–Kier alpha value is -1.21. The van der Waals surface area contributed by atoms with E-state index in [-0.39, 0.29) is 18.7 Å². The molecule has 1 unspecified atom stereocenters. The normalized spacial score (nSPS) is 12.8. The molecule has 0 bridgehead atoms. The molecule has 102 valence electrons. The van der Waals surface area contributed by atoms with Gasteiger partial charge in [-0.2, -0.15) is 0 Å². The Bertz CT molecular complexity index is 371. The zero-order chi connectivity index (χ0) is 13.5. The summed E-state index contributed by atoms with van der Waals surface area (Å²) in [6.07, 6.45) is -1.75. The minimum absolute atomic E-state index is 0.104. The molecular weight excluding hydrogens is 241 g/mol. The molecule has 3 N–H and O–H groups in total. The van der Waals surface area contributed by atoms with Crippen LogP contribution in [-0.2, 0) is 9.47 Å². The highest BCUT2D eigenvalue weighted by atomic mass is 19.1. The van der Waals surface area contributed by atoms with Gasteiger partial charge in [0, 0.05) is 26.5 Å². The average molecular weight is 259 g/mol. The van der Waals surface area contributed by atoms with E-state index in [2.05, 4.69) is 5.32 Å². The third-order valence-electron chi connectivity index (χ3n) is 2.46. The van der Waals surface area contributed by atoms with E-state index in [0.29, 0.717) is 5.69 Å². The van der Waals surface area contributed by atoms with Gasteiger partial charge in [-0.25, -0.2) is 4.39 Å². The highest BCUT2D eigenvalue weighted by Crippen LogP contribution is 2.28. The van der Waals surface area contributed by atoms with Gasteiger partial charge < -0.3 is 25.0 Å². The molecule has 0 aliphatic heterocycles. The number of methoxy groups -OCH3 is 2. The molecule has 1 aromatic carbocycles. The first-order valence-electron chi connectivity index (χ1n) is 5.50. The molecule has 18 heavy (non-hydrogen) atoms. The fourth-order valence-corrected chi connectivity index (χ4v) is 1.55. The van der Waals surface area contributed by atoms with Crippen molar-refractivity contribution in [2.24, 2.45) is 0 Å². The highest BCUT2D eigenvalue weighted by Gasteiger charge is 2.19. The van der Waals surface area contributed by atoms with Gasteiger partial charge in [-0.15, -0.1) is 0 Å². The number of nitrogens with one attached hydrogen (secondary N) is 1. The maximum absolute atomic E-state index is 13.8. The molecule has 0 aliphatic rings. The Balaban J connectivity index is 2.92. The van der Waals surface area contributed by atoms with Gasteiger partial charge in [-0.1, -0.05) is 6.07 Å². The molecule has 0 spiro atoms. The summed E-state index contributed by atoms with van der Waals surface area (Å²) < 4.78 is 23.8. The lowest BCUT2D eigenvalue weighted by molar-refractivity contribution is -0.107. The van der Waals surface area contributed by atoms with Crippen LogP contribution < -0.4 is 5.32 Å². The molecule has 0 aliphatic carbocycles. The fourth-order valence-electron chi connectivity index (χ4n) is 1.55. The zero-order valence-electron chi connectivity index (χ0n) is 10.4. The largest absolute Gasteiger partial charge is 0.394 e. The van der Waals surface area contributed by atoms with Crippen LogP contribution in [0, 0.1) is 5.82 Å². The van der Waals surface area contributed by atoms with Gasteiger partial charge in [-0.3, -0.25) is 0 Å². The second kappa shape index (κ2) is 7.27. The molecule has 1 atom stereocenters. The number of hydrogen-bond acceptors (Lipinski definition) is 5. The maximum atomic E-state index is 13.8. The maximum Gasteiger partial charge on any atom is 0.187 e. The van der Waals surface area contributed by atoms with Crippen molar-refractivity contribution >= 4 is 5.69 Å². The minimum atomic E-state index is -0.912. The van der Waals surface area contributed by atoms with E-state index in [4.69, 9.17) is 14.6 Å². The number of anilines is 1. The van der Waals surface area contributed by atoms with Gasteiger partial charge >= 0.3 is 0 Å². The van der Waals surface area contributed by atoms with Gasteiger partial charge in [0.05, 0.1) is 18.3 Å². The van der Waals surface area contributed by atoms with E-state index in [1.54, 1.807) is 6.07 Å². The smallest absolute Gasteiger partial charge is 0.187 e. The first-order chi connectivity index (χ1) is 8.63. The molecule has 0 saturated carbocycles. The van der Waals surface area contributed by atoms with Crippen molar-refractivity contribution in [3.8, 4) is 0 Å². The molecule has 0 saturated heterocycles. The van der Waals surface area contributed by atoms with Crippen LogP contribution in [0.15, 0.2) is 18.2 Å². The second-order valence-electron chi connectivity index (χ2n) is 3.72. The van der Waals surface area contributed by atoms with Crippen LogP contribution in [0.2, 0.25) is 0 Å². The molecule has 1 rings (SSSR count). The standard InChI is InChI=1S/C12H18FNO4/c1-17-12(18-2)11-9(13)4-3-5-10(11)14-6-8(16)7-15/h3-5,8,12,14-16H,6-7H2,1-2H3. The quantitative estimate of drug-likeness (QED) is 0.634. The van der Waals surface area contributed by atoms with Crippen LogP contribution in [0.3, 0.4) is 0 Å². The summed E-state index contributed by atoms with van der Waals surface area (Å²) in [6.45, 7) is -0.261. The Kier molecular flexibility index (Phi) is 6.00. The zero-order valence-corrected chi connectivity index (χ0v) is 10.4. The molecule has 0 heterocycles. The van der Waals surface area contributed by atoms with Crippen LogP contribution in [0.5, 0.6) is 0 Å². The van der Waals surface area contributed by atoms with Gasteiger partial charge in [-0.05, 0) is 12.1 Å². The number of ether oxygens (including phenoxy) is 2. The number of aliphatic hydroxyl groups excluding tert-OH is 2. The summed E-state index contributed by atoms with van der Waals surface area (Å²) in [5.74, 6) is -0.466. The third kappa shape index (κ3) is 3.64. The molecule has 0 radical (unpaired) electrons. The second-order valence-corrected chi connectivity index (χ2v) is 3.72. The fraction of sp³-hybridized carbons (Fsp3) is 0.500. The monoisotopic (exact) mass is 259 g/mol. The molecule has 6 heteroatoms. The van der Waals surface area contributed by atoms with E-state index in [0.717, 1.165) is 0 Å². The van der Waals surface area contributed by atoms with Gasteiger partial charge in [0.25, 0.3) is 0 Å². The highest BCUT2D eigenvalue weighted by molar-refractivity contribution is 5.52. The van der Waals surface area contributed by atoms with Crippen LogP contribution in [0.25, 0.3) is 0 Å². The van der Waals surface area contributed by atoms with Crippen molar-refractivity contribution < 1.29 is 24.1 Å². The van der Waals surface area contributed by atoms with Crippen LogP contribution in [0.4, 0.5) is 10.1 Å². The number of halogens is 1. The van der Waals surface area contributed by atoms with Gasteiger partial charge in [0.2, 0.25) is 0 Å². The van der Waals surface area contributed by atoms with Crippen LogP contribution in [0.1, 0.15) is 11.9 Å². The van der Waals surface area contributed by atoms with Gasteiger partial charge in [0.15, 0.2) is 6.29 Å². The minimum Gasteiger partial charge on any atom is -0.394 e. The van der Waals surface area contributed by atoms with Crippen LogP contribution >= 0.6 is 0 Å². The van der Waals surface area contributed by atoms with Crippen molar-refractivity contribution in [2.45, 2.75) is 12.4 Å². The molecule has 0 amide bonds. The average Bonchev–Trinajstić information content (AvgIpc) is 2.39. The summed E-state index contributed by atoms with van der Waals surface area (Å²) in [6, 6.07) is 4.48. The Morgan fingerprint density at radius 1 is 1.33 bits per heavy atom. The first kappa shape index (κ1) is 14.8. The van der Waals surface area contributed by atoms with E-state index < -0.39 is 18.2 Å². The van der Waals surface area contributed by atoms with Crippen molar-refractivity contribution in [2.75, 3.05) is 32.7 Å². The summed E-state index contributed by atoms with van der Waals surface area (Å²) in [4.78, 5) is 0. The van der Waals surface area contributed by atoms with E-state index >= 15 is 0 Å². The van der Waals surface area contributed by atoms with E-state index in [1.807, 2.05) is 0 Å². The Morgan fingerprint density at radius 2 is 2.00 bits per heavy atom. The number of benzene rings is 1. The summed E-state index contributed by atoms with van der Waals surface area (Å²) in [7, 11) is 2.82. The lowest BCUT2D eigenvalue weighted by Crippen LogP contribution is -2.24. The van der Waals surface area contributed by atoms with Crippen molar-refractivity contribution in [3.05, 3.63) is 29.6 Å². The van der Waals surface area contributed by atoms with Gasteiger partial charge in [0.1, 0.15) is 5.82 Å². The Labute approximate surface area is 105 Å². The predicted octanol–water partition coefficient (Wildman–Crippen LogP) is 0.882. The number of rotatable bonds is 7. The van der Waals surface area contributed by atoms with Crippen LogP contribution in [-0.4, -0.2) is 43.7 Å². The molecular formula is C12H18FNO4. The van der Waals surface area contributed by atoms with Crippen molar-refractivity contribution in [1.82, 2.24) is 0 Å². The summed E-state index contributed by atoms with van der Waals surface area (Å²) in [5.41, 5.74) is 0.684. The predicted molar refractivity (Wildman–Crippen MR) is 64.7 cm³/mol. The van der Waals surface area contributed by atoms with Crippen molar-refractivity contribution in [3.63, 3.8) is 0 Å². The lowest BCUT2D eigenvalue weighted by Gasteiger charge is -2.20. The van der Waals surface area contributed by atoms with E-state index in [9.17, 15) is 9.50 Å². The molecule has 5 nitrogen and oxygen atoms in total. The number of hydrogen-bond donors (Lipinski definition) is 3. The SMILES string of the molecule is COC(OC)c1c(F)cccc1NCC(O)CO. The molecule has 1 aromatic rings. The topological polar surface area (TPSA) is 71.0 Å². The molecule has 0 aromatic heterocycles. The van der Waals surface area contributed by atoms with E-state index in [1.165, 1.54) is 26.4 Å². The number of aliphatic hydroxyl groups is 2. The lowest BCUT2D eigenvalue weighted by atomic mass is 10.1. The summed E-state index contributed by atoms with van der Waals surface area (Å²) >= 11 is 0. The van der Waals surface area contributed by atoms with Crippen molar-refractivity contribution in [1.29, 1.82) is 0 Å². The third-order valence-corrected chi connectivity index (χ3v) is 2.46. The molecule has 0 fully saturated rings. The summed E-state index contributed by atoms with van der Waals surface area (Å²) in [5, 5.41) is 20.8.